The van der Waals surface area contributed by atoms with Gasteiger partial charge in [-0.3, -0.25) is 0 Å². The van der Waals surface area contributed by atoms with Crippen molar-refractivity contribution in [2.45, 2.75) is 6.54 Å². The Morgan fingerprint density at radius 3 is 2.67 bits per heavy atom. The normalized spacial score (nSPS) is 10.3. The fraction of sp³-hybridized carbons (Fsp3) is 0.0769. The van der Waals surface area contributed by atoms with Crippen LogP contribution in [-0.4, -0.2) is 10.2 Å². The topological polar surface area (TPSA) is 52.5 Å². The van der Waals surface area contributed by atoms with Crippen LogP contribution >= 0.6 is 34.2 Å². The van der Waals surface area contributed by atoms with E-state index in [0.29, 0.717) is 17.1 Å². The summed E-state index contributed by atoms with van der Waals surface area (Å²) in [6.45, 7) is 0.428. The lowest BCUT2D eigenvalue weighted by Crippen LogP contribution is -2.01. The molecule has 0 bridgehead atoms. The molecule has 18 heavy (non-hydrogen) atoms. The van der Waals surface area contributed by atoms with Crippen molar-refractivity contribution in [3.63, 3.8) is 0 Å². The number of phenolic OH excluding ortho intramolecular Hbond substituents is 2. The molecule has 0 spiro atoms. The first-order valence-corrected chi connectivity index (χ1v) is 6.72. The van der Waals surface area contributed by atoms with Crippen LogP contribution in [0.4, 0.5) is 5.69 Å². The maximum Gasteiger partial charge on any atom is 0.162 e. The van der Waals surface area contributed by atoms with Gasteiger partial charge in [-0.1, -0.05) is 23.7 Å². The van der Waals surface area contributed by atoms with Gasteiger partial charge in [0.1, 0.15) is 0 Å². The zero-order valence-electron chi connectivity index (χ0n) is 9.32. The number of hydrogen-bond donors (Lipinski definition) is 3. The highest BCUT2D eigenvalue weighted by Crippen LogP contribution is 2.29. The number of halogens is 2. The molecule has 0 amide bonds. The summed E-state index contributed by atoms with van der Waals surface area (Å²) in [4.78, 5) is 0. The molecule has 5 heteroatoms. The van der Waals surface area contributed by atoms with Crippen molar-refractivity contribution >= 4 is 39.9 Å². The molecular formula is C13H11ClINO2. The first-order valence-electron chi connectivity index (χ1n) is 5.26. The molecule has 0 saturated carbocycles. The van der Waals surface area contributed by atoms with E-state index in [4.69, 9.17) is 11.6 Å². The monoisotopic (exact) mass is 375 g/mol. The Hall–Kier alpha value is -1.14. The van der Waals surface area contributed by atoms with E-state index in [1.165, 1.54) is 6.07 Å². The molecule has 0 unspecified atom stereocenters. The van der Waals surface area contributed by atoms with Crippen LogP contribution < -0.4 is 5.32 Å². The zero-order chi connectivity index (χ0) is 13.1. The van der Waals surface area contributed by atoms with Gasteiger partial charge in [-0.2, -0.15) is 0 Å². The average Bonchev–Trinajstić information content (AvgIpc) is 2.33. The number of para-hydroxylation sites is 1. The number of aromatic hydroxyl groups is 2. The molecule has 2 aromatic rings. The van der Waals surface area contributed by atoms with Gasteiger partial charge in [-0.25, -0.2) is 0 Å². The van der Waals surface area contributed by atoms with E-state index in [0.717, 1.165) is 9.26 Å². The predicted octanol–water partition coefficient (Wildman–Crippen LogP) is 3.97. The van der Waals surface area contributed by atoms with E-state index in [9.17, 15) is 10.2 Å². The quantitative estimate of drug-likeness (QED) is 0.562. The molecule has 3 N–H and O–H groups in total. The van der Waals surface area contributed by atoms with E-state index in [1.807, 2.05) is 12.1 Å². The molecule has 2 aromatic carbocycles. The van der Waals surface area contributed by atoms with Crippen LogP contribution in [0.3, 0.4) is 0 Å². The smallest absolute Gasteiger partial charge is 0.162 e. The molecule has 0 aliphatic heterocycles. The van der Waals surface area contributed by atoms with Crippen LogP contribution in [0.5, 0.6) is 11.5 Å². The van der Waals surface area contributed by atoms with Gasteiger partial charge in [0.2, 0.25) is 0 Å². The molecule has 0 saturated heterocycles. The lowest BCUT2D eigenvalue weighted by molar-refractivity contribution is 0.400. The van der Waals surface area contributed by atoms with E-state index < -0.39 is 0 Å². The highest BCUT2D eigenvalue weighted by molar-refractivity contribution is 14.1. The van der Waals surface area contributed by atoms with Crippen LogP contribution in [0.1, 0.15) is 5.56 Å². The van der Waals surface area contributed by atoms with Gasteiger partial charge in [0.05, 0.1) is 0 Å². The van der Waals surface area contributed by atoms with Crippen molar-refractivity contribution in [2.24, 2.45) is 0 Å². The van der Waals surface area contributed by atoms with Crippen LogP contribution in [0, 0.1) is 3.57 Å². The number of rotatable bonds is 3. The maximum atomic E-state index is 9.68. The van der Waals surface area contributed by atoms with E-state index >= 15 is 0 Å². The fourth-order valence-electron chi connectivity index (χ4n) is 1.54. The van der Waals surface area contributed by atoms with Crippen molar-refractivity contribution in [3.8, 4) is 11.5 Å². The summed E-state index contributed by atoms with van der Waals surface area (Å²) in [5.74, 6) is -0.200. The molecule has 0 heterocycles. The predicted molar refractivity (Wildman–Crippen MR) is 81.3 cm³/mol. The summed E-state index contributed by atoms with van der Waals surface area (Å²) in [6.07, 6.45) is 0. The third-order valence-electron chi connectivity index (χ3n) is 2.50. The molecule has 3 nitrogen and oxygen atoms in total. The second-order valence-electron chi connectivity index (χ2n) is 3.76. The number of anilines is 1. The minimum absolute atomic E-state index is 0.0889. The second-order valence-corrected chi connectivity index (χ2v) is 5.36. The highest BCUT2D eigenvalue weighted by atomic mass is 127. The molecule has 0 aliphatic carbocycles. The van der Waals surface area contributed by atoms with Crippen LogP contribution in [-0.2, 0) is 6.54 Å². The standard InChI is InChI=1S/C13H11ClINO2/c14-9-4-5-11(10(15)6-9)16-7-8-2-1-3-12(17)13(8)18/h1-6,16-18H,7H2. The number of nitrogens with one attached hydrogen (secondary N) is 1. The Morgan fingerprint density at radius 2 is 1.94 bits per heavy atom. The zero-order valence-corrected chi connectivity index (χ0v) is 12.2. The molecule has 0 aromatic heterocycles. The molecule has 0 atom stereocenters. The van der Waals surface area contributed by atoms with Crippen molar-refractivity contribution in [2.75, 3.05) is 5.32 Å². The van der Waals surface area contributed by atoms with Crippen molar-refractivity contribution in [1.82, 2.24) is 0 Å². The van der Waals surface area contributed by atoms with Crippen LogP contribution in [0.25, 0.3) is 0 Å². The summed E-state index contributed by atoms with van der Waals surface area (Å²) < 4.78 is 1.000. The van der Waals surface area contributed by atoms with Gasteiger partial charge in [0, 0.05) is 26.4 Å². The molecule has 0 aliphatic rings. The van der Waals surface area contributed by atoms with Crippen molar-refractivity contribution < 1.29 is 10.2 Å². The molecular weight excluding hydrogens is 365 g/mol. The highest BCUT2D eigenvalue weighted by Gasteiger charge is 2.06. The Bertz CT molecular complexity index is 575. The lowest BCUT2D eigenvalue weighted by Gasteiger charge is -2.10. The molecule has 0 radical (unpaired) electrons. The summed E-state index contributed by atoms with van der Waals surface area (Å²) in [7, 11) is 0. The third-order valence-corrected chi connectivity index (χ3v) is 3.63. The number of hydrogen-bond acceptors (Lipinski definition) is 3. The van der Waals surface area contributed by atoms with Crippen molar-refractivity contribution in [1.29, 1.82) is 0 Å². The summed E-state index contributed by atoms with van der Waals surface area (Å²) in [5, 5.41) is 22.9. The Labute approximate surface area is 124 Å². The fourth-order valence-corrected chi connectivity index (χ4v) is 2.61. The number of phenols is 2. The summed E-state index contributed by atoms with van der Waals surface area (Å²) in [5.41, 5.74) is 1.57. The molecule has 94 valence electrons. The van der Waals surface area contributed by atoms with E-state index in [-0.39, 0.29) is 11.5 Å². The minimum atomic E-state index is -0.111. The Balaban J connectivity index is 2.14. The van der Waals surface area contributed by atoms with Gasteiger partial charge < -0.3 is 15.5 Å². The van der Waals surface area contributed by atoms with Gasteiger partial charge in [-0.05, 0) is 46.9 Å². The minimum Gasteiger partial charge on any atom is -0.504 e. The Morgan fingerprint density at radius 1 is 1.17 bits per heavy atom. The van der Waals surface area contributed by atoms with Gasteiger partial charge in [0.25, 0.3) is 0 Å². The summed E-state index contributed by atoms with van der Waals surface area (Å²) >= 11 is 8.06. The third kappa shape index (κ3) is 3.00. The Kier molecular flexibility index (Phi) is 4.19. The van der Waals surface area contributed by atoms with E-state index in [2.05, 4.69) is 27.9 Å². The van der Waals surface area contributed by atoms with Gasteiger partial charge in [0.15, 0.2) is 11.5 Å². The molecule has 0 fully saturated rings. The van der Waals surface area contributed by atoms with Crippen molar-refractivity contribution in [3.05, 3.63) is 50.6 Å². The van der Waals surface area contributed by atoms with Crippen LogP contribution in [0.15, 0.2) is 36.4 Å². The lowest BCUT2D eigenvalue weighted by atomic mass is 10.2. The first-order chi connectivity index (χ1) is 8.58. The largest absolute Gasteiger partial charge is 0.504 e. The number of benzene rings is 2. The van der Waals surface area contributed by atoms with Gasteiger partial charge >= 0.3 is 0 Å². The first kappa shape index (κ1) is 13.3. The average molecular weight is 376 g/mol. The summed E-state index contributed by atoms with van der Waals surface area (Å²) in [6, 6.07) is 10.4. The van der Waals surface area contributed by atoms with Gasteiger partial charge in [-0.15, -0.1) is 0 Å². The van der Waals surface area contributed by atoms with E-state index in [1.54, 1.807) is 18.2 Å². The molecule has 2 rings (SSSR count). The SMILES string of the molecule is Oc1cccc(CNc2ccc(Cl)cc2I)c1O. The maximum absolute atomic E-state index is 9.68. The van der Waals surface area contributed by atoms with Crippen LogP contribution in [0.2, 0.25) is 5.02 Å². The second kappa shape index (κ2) is 5.67.